The number of aromatic nitrogens is 3. The maximum atomic E-state index is 12.3. The van der Waals surface area contributed by atoms with E-state index in [1.54, 1.807) is 24.3 Å². The lowest BCUT2D eigenvalue weighted by molar-refractivity contribution is 0.521. The second kappa shape index (κ2) is 8.45. The van der Waals surface area contributed by atoms with Gasteiger partial charge in [0, 0.05) is 25.5 Å². The number of nitrogens with one attached hydrogen (secondary N) is 2. The normalized spacial score (nSPS) is 11.8. The zero-order valence-electron chi connectivity index (χ0n) is 18.5. The molecule has 2 aromatic heterocycles. The number of anilines is 4. The lowest BCUT2D eigenvalue weighted by Gasteiger charge is -2.12. The first-order chi connectivity index (χ1) is 15.1. The van der Waals surface area contributed by atoms with Crippen molar-refractivity contribution in [2.45, 2.75) is 25.7 Å². The van der Waals surface area contributed by atoms with Crippen molar-refractivity contribution in [3.8, 4) is 0 Å². The Balaban J connectivity index is 1.66. The molecule has 0 radical (unpaired) electrons. The van der Waals surface area contributed by atoms with Crippen LogP contribution in [0.3, 0.4) is 0 Å². The molecule has 0 bridgehead atoms. The first-order valence-corrected chi connectivity index (χ1v) is 12.2. The zero-order chi connectivity index (χ0) is 23.0. The smallest absolute Gasteiger partial charge is 0.242 e. The van der Waals surface area contributed by atoms with Gasteiger partial charge in [0.05, 0.1) is 4.90 Å². The molecule has 0 aliphatic heterocycles. The summed E-state index contributed by atoms with van der Waals surface area (Å²) in [7, 11) is -0.464. The summed E-state index contributed by atoms with van der Waals surface area (Å²) in [5.41, 5.74) is 4.66. The van der Waals surface area contributed by atoms with Crippen LogP contribution in [0, 0.1) is 20.8 Å². The summed E-state index contributed by atoms with van der Waals surface area (Å²) in [5.74, 6) is 1.19. The molecule has 4 rings (SSSR count). The molecule has 10 heteroatoms. The van der Waals surface area contributed by atoms with Gasteiger partial charge < -0.3 is 10.6 Å². The van der Waals surface area contributed by atoms with Gasteiger partial charge in [-0.25, -0.2) is 27.7 Å². The van der Waals surface area contributed by atoms with Crippen molar-refractivity contribution in [2.24, 2.45) is 0 Å². The summed E-state index contributed by atoms with van der Waals surface area (Å²) < 4.78 is 25.8. The van der Waals surface area contributed by atoms with E-state index in [0.717, 1.165) is 26.8 Å². The van der Waals surface area contributed by atoms with E-state index in [1.165, 1.54) is 29.7 Å². The number of nitrogens with zero attached hydrogens (tertiary/aromatic N) is 4. The Labute approximate surface area is 191 Å². The van der Waals surface area contributed by atoms with E-state index in [1.807, 2.05) is 13.0 Å². The molecular weight excluding hydrogens is 444 g/mol. The molecule has 4 aromatic rings. The summed E-state index contributed by atoms with van der Waals surface area (Å²) in [6.07, 6.45) is 0. The van der Waals surface area contributed by atoms with Crippen molar-refractivity contribution >= 4 is 54.0 Å². The second-order valence-corrected chi connectivity index (χ2v) is 10.8. The predicted octanol–water partition coefficient (Wildman–Crippen LogP) is 4.75. The molecule has 0 aliphatic carbocycles. The summed E-state index contributed by atoms with van der Waals surface area (Å²) in [5, 5.41) is 7.40. The molecule has 0 saturated carbocycles. The highest BCUT2D eigenvalue weighted by atomic mass is 32.2. The molecule has 8 nitrogen and oxygen atoms in total. The van der Waals surface area contributed by atoms with Crippen LogP contribution in [0.4, 0.5) is 22.3 Å². The topological polar surface area (TPSA) is 100 Å². The number of rotatable bonds is 6. The van der Waals surface area contributed by atoms with Crippen LogP contribution in [-0.2, 0) is 10.0 Å². The molecule has 0 spiro atoms. The lowest BCUT2D eigenvalue weighted by atomic mass is 10.1. The monoisotopic (exact) mass is 468 g/mol. The van der Waals surface area contributed by atoms with Crippen molar-refractivity contribution in [3.63, 3.8) is 0 Å². The van der Waals surface area contributed by atoms with Crippen LogP contribution in [0.5, 0.6) is 0 Å². The second-order valence-electron chi connectivity index (χ2n) is 7.62. The van der Waals surface area contributed by atoms with Crippen molar-refractivity contribution in [1.82, 2.24) is 19.3 Å². The van der Waals surface area contributed by atoms with Crippen LogP contribution in [0.1, 0.15) is 17.0 Å². The molecule has 2 N–H and O–H groups in total. The highest BCUT2D eigenvalue weighted by Crippen LogP contribution is 2.33. The molecule has 0 saturated heterocycles. The van der Waals surface area contributed by atoms with E-state index in [9.17, 15) is 8.42 Å². The average molecular weight is 469 g/mol. The fraction of sp³-hybridized carbons (Fsp3) is 0.227. The summed E-state index contributed by atoms with van der Waals surface area (Å²) in [6.45, 7) is 5.94. The average Bonchev–Trinajstić information content (AvgIpc) is 3.14. The number of hydrogen-bond donors (Lipinski definition) is 2. The van der Waals surface area contributed by atoms with Crippen LogP contribution in [0.2, 0.25) is 0 Å². The van der Waals surface area contributed by atoms with E-state index in [2.05, 4.69) is 46.6 Å². The highest BCUT2D eigenvalue weighted by Gasteiger charge is 2.18. The van der Waals surface area contributed by atoms with Crippen molar-refractivity contribution in [2.75, 3.05) is 24.7 Å². The van der Waals surface area contributed by atoms with E-state index in [-0.39, 0.29) is 4.90 Å². The van der Waals surface area contributed by atoms with Gasteiger partial charge in [-0.05, 0) is 56.2 Å². The molecule has 32 heavy (non-hydrogen) atoms. The van der Waals surface area contributed by atoms with Crippen molar-refractivity contribution in [1.29, 1.82) is 0 Å². The largest absolute Gasteiger partial charge is 0.338 e. The van der Waals surface area contributed by atoms with Gasteiger partial charge in [0.25, 0.3) is 0 Å². The number of fused-ring (bicyclic) bond motifs is 1. The Morgan fingerprint density at radius 2 is 1.53 bits per heavy atom. The number of hydrogen-bond acceptors (Lipinski definition) is 8. The van der Waals surface area contributed by atoms with E-state index >= 15 is 0 Å². The minimum absolute atomic E-state index is 0.228. The summed E-state index contributed by atoms with van der Waals surface area (Å²) in [4.78, 5) is 14.8. The Kier molecular flexibility index (Phi) is 5.85. The third kappa shape index (κ3) is 4.29. The van der Waals surface area contributed by atoms with E-state index < -0.39 is 10.0 Å². The van der Waals surface area contributed by atoms with Gasteiger partial charge in [-0.15, -0.1) is 0 Å². The van der Waals surface area contributed by atoms with Gasteiger partial charge >= 0.3 is 0 Å². The molecule has 0 unspecified atom stereocenters. The summed E-state index contributed by atoms with van der Waals surface area (Å²) >= 11 is 1.46. The maximum Gasteiger partial charge on any atom is 0.242 e. The van der Waals surface area contributed by atoms with Gasteiger partial charge in [-0.1, -0.05) is 29.5 Å². The van der Waals surface area contributed by atoms with Gasteiger partial charge in [0.15, 0.2) is 15.8 Å². The standard InChI is InChI=1S/C22H24N6O2S2/c1-13-7-6-8-14(2)18(13)26-22-27-19-20(23-15(3)24-21(19)31-22)25-16-9-11-17(12-10-16)32(29,30)28(4)5/h6-12H,1-5H3,(H,26,27)(H,23,24,25). The SMILES string of the molecule is Cc1nc(Nc2ccc(S(=O)(=O)N(C)C)cc2)c2nc(Nc3c(C)cccc3C)sc2n1. The highest BCUT2D eigenvalue weighted by molar-refractivity contribution is 7.89. The molecule has 0 atom stereocenters. The number of thiazole rings is 1. The van der Waals surface area contributed by atoms with Gasteiger partial charge in [-0.2, -0.15) is 0 Å². The quantitative estimate of drug-likeness (QED) is 0.421. The minimum Gasteiger partial charge on any atom is -0.338 e. The molecule has 2 aromatic carbocycles. The summed E-state index contributed by atoms with van der Waals surface area (Å²) in [6, 6.07) is 12.7. The number of aryl methyl sites for hydroxylation is 3. The Morgan fingerprint density at radius 3 is 2.16 bits per heavy atom. The fourth-order valence-electron chi connectivity index (χ4n) is 3.25. The zero-order valence-corrected chi connectivity index (χ0v) is 20.1. The van der Waals surface area contributed by atoms with Crippen LogP contribution >= 0.6 is 11.3 Å². The lowest BCUT2D eigenvalue weighted by Crippen LogP contribution is -2.22. The number of benzene rings is 2. The first-order valence-electron chi connectivity index (χ1n) is 9.93. The molecule has 0 fully saturated rings. The fourth-order valence-corrected chi connectivity index (χ4v) is 5.04. The Morgan fingerprint density at radius 1 is 0.875 bits per heavy atom. The molecule has 0 aliphatic rings. The molecule has 166 valence electrons. The predicted molar refractivity (Wildman–Crippen MR) is 130 cm³/mol. The Bertz CT molecular complexity index is 1380. The van der Waals surface area contributed by atoms with E-state index in [0.29, 0.717) is 22.8 Å². The van der Waals surface area contributed by atoms with Crippen LogP contribution in [0.25, 0.3) is 10.3 Å². The molecule has 2 heterocycles. The van der Waals surface area contributed by atoms with Crippen molar-refractivity contribution < 1.29 is 8.42 Å². The number of para-hydroxylation sites is 1. The first kappa shape index (κ1) is 22.1. The van der Waals surface area contributed by atoms with Crippen molar-refractivity contribution in [3.05, 3.63) is 59.4 Å². The van der Waals surface area contributed by atoms with E-state index in [4.69, 9.17) is 4.98 Å². The van der Waals surface area contributed by atoms with Crippen LogP contribution < -0.4 is 10.6 Å². The number of sulfonamides is 1. The minimum atomic E-state index is -3.48. The van der Waals surface area contributed by atoms with Gasteiger partial charge in [-0.3, -0.25) is 0 Å². The van der Waals surface area contributed by atoms with Crippen LogP contribution in [-0.4, -0.2) is 41.8 Å². The molecule has 0 amide bonds. The third-order valence-electron chi connectivity index (χ3n) is 4.98. The van der Waals surface area contributed by atoms with Gasteiger partial charge in [0.1, 0.15) is 11.3 Å². The van der Waals surface area contributed by atoms with Gasteiger partial charge in [0.2, 0.25) is 10.0 Å². The molecular formula is C22H24N6O2S2. The third-order valence-corrected chi connectivity index (χ3v) is 7.67. The Hall–Kier alpha value is -3.08. The maximum absolute atomic E-state index is 12.3. The van der Waals surface area contributed by atoms with Crippen LogP contribution in [0.15, 0.2) is 47.4 Å².